The number of hydrogen-bond donors (Lipinski definition) is 2. The first-order valence-electron chi connectivity index (χ1n) is 9.04. The number of carbonyl (C=O) groups is 1. The highest BCUT2D eigenvalue weighted by molar-refractivity contribution is 7.91. The highest BCUT2D eigenvalue weighted by Gasteiger charge is 2.25. The van der Waals surface area contributed by atoms with E-state index in [2.05, 4.69) is 27.1 Å². The van der Waals surface area contributed by atoms with Gasteiger partial charge in [-0.15, -0.1) is 23.7 Å². The molecule has 1 fully saturated rings. The average molecular weight is 444 g/mol. The number of benzene rings is 1. The van der Waals surface area contributed by atoms with E-state index in [0.717, 1.165) is 37.4 Å². The minimum Gasteiger partial charge on any atom is -0.351 e. The third-order valence-electron chi connectivity index (χ3n) is 4.57. The first-order valence-corrected chi connectivity index (χ1v) is 11.3. The van der Waals surface area contributed by atoms with E-state index >= 15 is 0 Å². The molecule has 0 bridgehead atoms. The maximum Gasteiger partial charge on any atom is 0.250 e. The molecule has 1 aromatic carbocycles. The number of rotatable bonds is 7. The Morgan fingerprint density at radius 1 is 1.14 bits per heavy atom. The van der Waals surface area contributed by atoms with Crippen LogP contribution in [0.5, 0.6) is 0 Å². The highest BCUT2D eigenvalue weighted by Crippen LogP contribution is 2.23. The minimum atomic E-state index is -3.52. The molecule has 1 aliphatic rings. The van der Waals surface area contributed by atoms with E-state index in [1.807, 2.05) is 18.2 Å². The van der Waals surface area contributed by atoms with Gasteiger partial charge in [-0.25, -0.2) is 13.1 Å². The number of likely N-dealkylation sites (tertiary alicyclic amines) is 1. The smallest absolute Gasteiger partial charge is 0.250 e. The molecule has 154 valence electrons. The summed E-state index contributed by atoms with van der Waals surface area (Å²) in [6.07, 6.45) is 1.60. The van der Waals surface area contributed by atoms with Gasteiger partial charge in [0, 0.05) is 37.5 Å². The quantitative estimate of drug-likeness (QED) is 0.689. The van der Waals surface area contributed by atoms with Crippen LogP contribution in [0.2, 0.25) is 0 Å². The van der Waals surface area contributed by atoms with E-state index < -0.39 is 10.0 Å². The number of amides is 1. The first kappa shape index (κ1) is 22.8. The monoisotopic (exact) mass is 443 g/mol. The van der Waals surface area contributed by atoms with Crippen molar-refractivity contribution < 1.29 is 13.2 Å². The van der Waals surface area contributed by atoms with E-state index in [9.17, 15) is 13.2 Å². The molecular formula is C19H26ClN3O3S2. The molecule has 2 N–H and O–H groups in total. The summed E-state index contributed by atoms with van der Waals surface area (Å²) >= 11 is 1.20. The van der Waals surface area contributed by atoms with E-state index in [4.69, 9.17) is 0 Å². The van der Waals surface area contributed by atoms with Crippen molar-refractivity contribution in [2.45, 2.75) is 43.1 Å². The molecule has 2 heterocycles. The molecule has 6 nitrogen and oxygen atoms in total. The number of halogens is 1. The molecule has 1 amide bonds. The second kappa shape index (κ2) is 10.4. The lowest BCUT2D eigenvalue weighted by Crippen LogP contribution is -2.44. The Morgan fingerprint density at radius 2 is 1.82 bits per heavy atom. The maximum absolute atomic E-state index is 12.6. The number of thiophene rings is 1. The molecule has 3 rings (SSSR count). The van der Waals surface area contributed by atoms with Crippen LogP contribution in [-0.2, 0) is 27.9 Å². The zero-order valence-corrected chi connectivity index (χ0v) is 18.2. The lowest BCUT2D eigenvalue weighted by molar-refractivity contribution is -0.119. The molecule has 0 spiro atoms. The maximum atomic E-state index is 12.6. The van der Waals surface area contributed by atoms with Crippen LogP contribution < -0.4 is 10.0 Å². The zero-order chi connectivity index (χ0) is 19.3. The lowest BCUT2D eigenvalue weighted by Gasteiger charge is -2.32. The van der Waals surface area contributed by atoms with Crippen LogP contribution >= 0.6 is 23.7 Å². The molecule has 28 heavy (non-hydrogen) atoms. The molecule has 1 aromatic heterocycles. The van der Waals surface area contributed by atoms with Crippen LogP contribution in [0.4, 0.5) is 0 Å². The lowest BCUT2D eigenvalue weighted by atomic mass is 10.1. The SMILES string of the molecule is CC(=O)NCc1ccc(S(=O)(=O)NC2CCN(Cc3ccccc3)CC2)s1.Cl. The molecule has 1 saturated heterocycles. The summed E-state index contributed by atoms with van der Waals surface area (Å²) in [5.74, 6) is -0.131. The Kier molecular flexibility index (Phi) is 8.45. The van der Waals surface area contributed by atoms with Crippen molar-refractivity contribution >= 4 is 39.7 Å². The van der Waals surface area contributed by atoms with Crippen molar-refractivity contribution in [3.63, 3.8) is 0 Å². The van der Waals surface area contributed by atoms with Crippen molar-refractivity contribution in [2.24, 2.45) is 0 Å². The third-order valence-corrected chi connectivity index (χ3v) is 7.67. The van der Waals surface area contributed by atoms with Crippen molar-refractivity contribution in [1.29, 1.82) is 0 Å². The van der Waals surface area contributed by atoms with Crippen LogP contribution in [0.15, 0.2) is 46.7 Å². The minimum absolute atomic E-state index is 0. The molecule has 0 aliphatic carbocycles. The molecule has 9 heteroatoms. The van der Waals surface area contributed by atoms with E-state index in [0.29, 0.717) is 10.8 Å². The summed E-state index contributed by atoms with van der Waals surface area (Å²) in [6, 6.07) is 13.6. The summed E-state index contributed by atoms with van der Waals surface area (Å²) in [6.45, 7) is 4.45. The fourth-order valence-corrected chi connectivity index (χ4v) is 5.75. The number of sulfonamides is 1. The van der Waals surface area contributed by atoms with Crippen LogP contribution in [0.25, 0.3) is 0 Å². The fourth-order valence-electron chi connectivity index (χ4n) is 3.14. The van der Waals surface area contributed by atoms with Crippen molar-refractivity contribution in [1.82, 2.24) is 14.9 Å². The number of carbonyl (C=O) groups excluding carboxylic acids is 1. The van der Waals surface area contributed by atoms with E-state index in [1.165, 1.54) is 23.8 Å². The molecular weight excluding hydrogens is 418 g/mol. The Balaban J connectivity index is 0.00000280. The van der Waals surface area contributed by atoms with Gasteiger partial charge >= 0.3 is 0 Å². The largest absolute Gasteiger partial charge is 0.351 e. The molecule has 1 aliphatic heterocycles. The van der Waals surface area contributed by atoms with Gasteiger partial charge in [-0.3, -0.25) is 9.69 Å². The van der Waals surface area contributed by atoms with Crippen LogP contribution in [0.1, 0.15) is 30.2 Å². The summed E-state index contributed by atoms with van der Waals surface area (Å²) < 4.78 is 28.4. The number of nitrogens with one attached hydrogen (secondary N) is 2. The van der Waals surface area contributed by atoms with Crippen molar-refractivity contribution in [3.05, 3.63) is 52.9 Å². The second-order valence-corrected chi connectivity index (χ2v) is 9.90. The van der Waals surface area contributed by atoms with Gasteiger partial charge in [-0.2, -0.15) is 0 Å². The molecule has 0 saturated carbocycles. The predicted octanol–water partition coefficient (Wildman–Crippen LogP) is 2.75. The Hall–Kier alpha value is -1.45. The Morgan fingerprint density at radius 3 is 2.46 bits per heavy atom. The topological polar surface area (TPSA) is 78.5 Å². The van der Waals surface area contributed by atoms with Gasteiger partial charge in [0.15, 0.2) is 0 Å². The number of nitrogens with zero attached hydrogens (tertiary/aromatic N) is 1. The van der Waals surface area contributed by atoms with Gasteiger partial charge in [0.1, 0.15) is 4.21 Å². The predicted molar refractivity (Wildman–Crippen MR) is 114 cm³/mol. The van der Waals surface area contributed by atoms with Crippen LogP contribution in [-0.4, -0.2) is 38.4 Å². The van der Waals surface area contributed by atoms with Crippen LogP contribution in [0.3, 0.4) is 0 Å². The highest BCUT2D eigenvalue weighted by atomic mass is 35.5. The normalized spacial score (nSPS) is 15.8. The Labute approximate surface area is 176 Å². The molecule has 0 unspecified atom stereocenters. The summed E-state index contributed by atoms with van der Waals surface area (Å²) in [5.41, 5.74) is 1.28. The van der Waals surface area contributed by atoms with Crippen molar-refractivity contribution in [3.8, 4) is 0 Å². The van der Waals surface area contributed by atoms with E-state index in [-0.39, 0.29) is 24.4 Å². The van der Waals surface area contributed by atoms with E-state index in [1.54, 1.807) is 12.1 Å². The van der Waals surface area contributed by atoms with Crippen molar-refractivity contribution in [2.75, 3.05) is 13.1 Å². The number of piperidine rings is 1. The first-order chi connectivity index (χ1) is 12.9. The standard InChI is InChI=1S/C19H25N3O3S2.ClH/c1-15(23)20-13-18-7-8-19(26-18)27(24,25)21-17-9-11-22(12-10-17)14-16-5-3-2-4-6-16;/h2-8,17,21H,9-14H2,1H3,(H,20,23);1H. The Bertz CT molecular complexity index is 864. The van der Waals surface area contributed by atoms with Gasteiger partial charge in [0.25, 0.3) is 0 Å². The summed E-state index contributed by atoms with van der Waals surface area (Å²) in [7, 11) is -3.52. The average Bonchev–Trinajstić information content (AvgIpc) is 3.12. The number of hydrogen-bond acceptors (Lipinski definition) is 5. The van der Waals surface area contributed by atoms with Gasteiger partial charge in [-0.05, 0) is 30.5 Å². The summed E-state index contributed by atoms with van der Waals surface area (Å²) in [5, 5.41) is 2.68. The van der Waals surface area contributed by atoms with Gasteiger partial charge in [-0.1, -0.05) is 30.3 Å². The van der Waals surface area contributed by atoms with Gasteiger partial charge in [0.2, 0.25) is 15.9 Å². The van der Waals surface area contributed by atoms with Gasteiger partial charge < -0.3 is 5.32 Å². The van der Waals surface area contributed by atoms with Crippen LogP contribution in [0, 0.1) is 0 Å². The second-order valence-electron chi connectivity index (χ2n) is 6.79. The zero-order valence-electron chi connectivity index (χ0n) is 15.8. The summed E-state index contributed by atoms with van der Waals surface area (Å²) in [4.78, 5) is 14.2. The molecule has 2 aromatic rings. The fraction of sp³-hybridized carbons (Fsp3) is 0.421. The van der Waals surface area contributed by atoms with Gasteiger partial charge in [0.05, 0.1) is 6.54 Å². The molecule has 0 atom stereocenters. The third kappa shape index (κ3) is 6.56. The molecule has 0 radical (unpaired) electrons.